The average molecular weight is 413 g/mol. The topological polar surface area (TPSA) is 168 Å². The third-order valence-electron chi connectivity index (χ3n) is 3.83. The van der Waals surface area contributed by atoms with E-state index in [-0.39, 0.29) is 16.3 Å². The summed E-state index contributed by atoms with van der Waals surface area (Å²) < 4.78 is 14.2. The Morgan fingerprint density at radius 1 is 0.586 bits per heavy atom. The fourth-order valence-corrected chi connectivity index (χ4v) is 4.84. The van der Waals surface area contributed by atoms with Crippen molar-refractivity contribution in [3.05, 3.63) is 71.7 Å². The van der Waals surface area contributed by atoms with Crippen molar-refractivity contribution in [2.24, 2.45) is 0 Å². The molecule has 0 radical (unpaired) electrons. The lowest BCUT2D eigenvalue weighted by atomic mass is 10.3. The highest BCUT2D eigenvalue weighted by atomic mass is 31.2. The minimum atomic E-state index is -4.10. The maximum atomic E-state index is 14.2. The first-order valence-electron chi connectivity index (χ1n) is 7.96. The molecule has 11 heteroatoms. The molecule has 3 rings (SSSR count). The van der Waals surface area contributed by atoms with Crippen LogP contribution in [0.25, 0.3) is 0 Å². The number of aromatic carboxylic acids is 3. The van der Waals surface area contributed by atoms with Crippen LogP contribution in [0.3, 0.4) is 0 Å². The molecule has 29 heavy (non-hydrogen) atoms. The molecule has 146 valence electrons. The van der Waals surface area contributed by atoms with Gasteiger partial charge in [-0.15, -0.1) is 0 Å². The first-order valence-corrected chi connectivity index (χ1v) is 9.67. The Balaban J connectivity index is 2.34. The van der Waals surface area contributed by atoms with Crippen molar-refractivity contribution < 1.29 is 34.3 Å². The molecule has 0 aromatic carbocycles. The van der Waals surface area contributed by atoms with E-state index in [1.165, 1.54) is 54.6 Å². The molecule has 0 aliphatic carbocycles. The zero-order valence-corrected chi connectivity index (χ0v) is 15.4. The summed E-state index contributed by atoms with van der Waals surface area (Å²) in [6.07, 6.45) is 0. The number of rotatable bonds is 6. The van der Waals surface area contributed by atoms with E-state index in [1.807, 2.05) is 0 Å². The van der Waals surface area contributed by atoms with Gasteiger partial charge in [-0.1, -0.05) is 18.2 Å². The van der Waals surface area contributed by atoms with E-state index in [0.29, 0.717) is 0 Å². The first-order chi connectivity index (χ1) is 13.7. The van der Waals surface area contributed by atoms with E-state index in [9.17, 15) is 34.3 Å². The standard InChI is InChI=1S/C18H12N3O7P/c22-16(23)10-4-1-7-13(19-10)29(28,14-8-2-5-11(20-14)17(24)25)15-9-3-6-12(21-15)18(26)27/h1-9H,(H,22,23)(H,24,25)(H,26,27). The van der Waals surface area contributed by atoms with Gasteiger partial charge in [0, 0.05) is 0 Å². The molecule has 0 spiro atoms. The van der Waals surface area contributed by atoms with E-state index in [2.05, 4.69) is 15.0 Å². The number of carbonyl (C=O) groups is 3. The fourth-order valence-electron chi connectivity index (χ4n) is 2.51. The third kappa shape index (κ3) is 3.74. The van der Waals surface area contributed by atoms with Crippen LogP contribution in [-0.2, 0) is 4.57 Å². The van der Waals surface area contributed by atoms with Crippen molar-refractivity contribution >= 4 is 41.4 Å². The summed E-state index contributed by atoms with van der Waals surface area (Å²) in [5, 5.41) is 27.6. The van der Waals surface area contributed by atoms with Crippen molar-refractivity contribution in [1.29, 1.82) is 0 Å². The Morgan fingerprint density at radius 3 is 1.10 bits per heavy atom. The van der Waals surface area contributed by atoms with Crippen LogP contribution in [-0.4, -0.2) is 48.2 Å². The molecule has 0 unspecified atom stereocenters. The summed E-state index contributed by atoms with van der Waals surface area (Å²) in [6, 6.07) is 11.4. The molecule has 3 aromatic rings. The van der Waals surface area contributed by atoms with Crippen molar-refractivity contribution in [3.63, 3.8) is 0 Å². The van der Waals surface area contributed by atoms with Gasteiger partial charge >= 0.3 is 17.9 Å². The zero-order chi connectivity index (χ0) is 21.2. The van der Waals surface area contributed by atoms with Crippen molar-refractivity contribution in [2.45, 2.75) is 0 Å². The highest BCUT2D eigenvalue weighted by Crippen LogP contribution is 2.40. The van der Waals surface area contributed by atoms with Crippen LogP contribution in [0.1, 0.15) is 31.5 Å². The van der Waals surface area contributed by atoms with E-state index in [1.54, 1.807) is 0 Å². The van der Waals surface area contributed by atoms with Crippen molar-refractivity contribution in [1.82, 2.24) is 15.0 Å². The van der Waals surface area contributed by atoms with Gasteiger partial charge in [0.2, 0.25) is 7.14 Å². The Morgan fingerprint density at radius 2 is 0.862 bits per heavy atom. The van der Waals surface area contributed by atoms with Gasteiger partial charge < -0.3 is 19.9 Å². The SMILES string of the molecule is O=C(O)c1cccc(P(=O)(c2cccc(C(=O)O)n2)c2cccc(C(=O)O)n2)n1. The molecule has 0 aliphatic heterocycles. The second kappa shape index (κ2) is 7.61. The fraction of sp³-hybridized carbons (Fsp3) is 0. The third-order valence-corrected chi connectivity index (χ3v) is 6.51. The quantitative estimate of drug-likeness (QED) is 0.487. The molecular formula is C18H12N3O7P. The van der Waals surface area contributed by atoms with Gasteiger partial charge in [0.25, 0.3) is 0 Å². The molecule has 0 aliphatic rings. The lowest BCUT2D eigenvalue weighted by Gasteiger charge is -2.18. The maximum Gasteiger partial charge on any atom is 0.354 e. The monoisotopic (exact) mass is 413 g/mol. The van der Waals surface area contributed by atoms with Crippen LogP contribution in [0.15, 0.2) is 54.6 Å². The van der Waals surface area contributed by atoms with Crippen molar-refractivity contribution in [2.75, 3.05) is 0 Å². The van der Waals surface area contributed by atoms with Gasteiger partial charge in [-0.25, -0.2) is 29.3 Å². The Bertz CT molecular complexity index is 1050. The van der Waals surface area contributed by atoms with Crippen LogP contribution in [0.4, 0.5) is 0 Å². The minimum Gasteiger partial charge on any atom is -0.477 e. The summed E-state index contributed by atoms with van der Waals surface area (Å²) in [5.41, 5.74) is -1.85. The van der Waals surface area contributed by atoms with Gasteiger partial charge in [-0.2, -0.15) is 0 Å². The Hall–Kier alpha value is -3.91. The summed E-state index contributed by atoms with van der Waals surface area (Å²) in [7, 11) is -4.10. The van der Waals surface area contributed by atoms with E-state index < -0.39 is 42.1 Å². The van der Waals surface area contributed by atoms with E-state index in [0.717, 1.165) is 0 Å². The molecule has 10 nitrogen and oxygen atoms in total. The molecule has 0 bridgehead atoms. The second-order valence-corrected chi connectivity index (χ2v) is 8.26. The van der Waals surface area contributed by atoms with Crippen LogP contribution in [0.2, 0.25) is 0 Å². The maximum absolute atomic E-state index is 14.2. The molecule has 3 aromatic heterocycles. The number of carboxylic acids is 3. The molecule has 0 saturated heterocycles. The zero-order valence-electron chi connectivity index (χ0n) is 14.5. The second-order valence-electron chi connectivity index (χ2n) is 5.67. The van der Waals surface area contributed by atoms with Crippen molar-refractivity contribution in [3.8, 4) is 0 Å². The van der Waals surface area contributed by atoms with Gasteiger partial charge in [-0.3, -0.25) is 0 Å². The van der Waals surface area contributed by atoms with E-state index >= 15 is 0 Å². The van der Waals surface area contributed by atoms with Gasteiger partial charge in [0.05, 0.1) is 0 Å². The minimum absolute atomic E-state index is 0.220. The average Bonchev–Trinajstić information content (AvgIpc) is 2.73. The van der Waals surface area contributed by atoms with Gasteiger partial charge in [0.15, 0.2) is 0 Å². The molecular weight excluding hydrogens is 401 g/mol. The molecule has 0 atom stereocenters. The lowest BCUT2D eigenvalue weighted by molar-refractivity contribution is 0.0680. The molecule has 3 N–H and O–H groups in total. The van der Waals surface area contributed by atoms with Gasteiger partial charge in [-0.05, 0) is 36.4 Å². The van der Waals surface area contributed by atoms with Crippen LogP contribution in [0.5, 0.6) is 0 Å². The number of pyridine rings is 3. The number of aromatic nitrogens is 3. The van der Waals surface area contributed by atoms with Crippen LogP contribution in [0, 0.1) is 0 Å². The predicted octanol–water partition coefficient (Wildman–Crippen LogP) is 0.606. The highest BCUT2D eigenvalue weighted by Gasteiger charge is 2.36. The summed E-state index contributed by atoms with van der Waals surface area (Å²) in [4.78, 5) is 45.6. The number of hydrogen-bond acceptors (Lipinski definition) is 7. The first kappa shape index (κ1) is 19.8. The Labute approximate surface area is 162 Å². The number of carboxylic acid groups (broad SMARTS) is 3. The molecule has 0 saturated carbocycles. The molecule has 0 amide bonds. The smallest absolute Gasteiger partial charge is 0.354 e. The summed E-state index contributed by atoms with van der Waals surface area (Å²) in [6.45, 7) is 0. The highest BCUT2D eigenvalue weighted by molar-refractivity contribution is 7.84. The van der Waals surface area contributed by atoms with Gasteiger partial charge in [0.1, 0.15) is 33.4 Å². The molecule has 0 fully saturated rings. The van der Waals surface area contributed by atoms with Crippen LogP contribution < -0.4 is 16.3 Å². The normalized spacial score (nSPS) is 11.0. The Kier molecular flexibility index (Phi) is 5.20. The number of hydrogen-bond donors (Lipinski definition) is 3. The van der Waals surface area contributed by atoms with E-state index in [4.69, 9.17) is 0 Å². The number of nitrogens with zero attached hydrogens (tertiary/aromatic N) is 3. The summed E-state index contributed by atoms with van der Waals surface area (Å²) >= 11 is 0. The van der Waals surface area contributed by atoms with Crippen LogP contribution >= 0.6 is 7.14 Å². The summed E-state index contributed by atoms with van der Waals surface area (Å²) in [5.74, 6) is -4.09. The molecule has 3 heterocycles. The predicted molar refractivity (Wildman–Crippen MR) is 100 cm³/mol. The lowest BCUT2D eigenvalue weighted by Crippen LogP contribution is -2.32. The largest absolute Gasteiger partial charge is 0.477 e.